The lowest BCUT2D eigenvalue weighted by Crippen LogP contribution is -2.49. The van der Waals surface area contributed by atoms with Crippen molar-refractivity contribution in [1.29, 1.82) is 0 Å². The highest BCUT2D eigenvalue weighted by Crippen LogP contribution is 2.16. The average Bonchev–Trinajstić information content (AvgIpc) is 2.22. The highest BCUT2D eigenvalue weighted by atomic mass is 32.2. The van der Waals surface area contributed by atoms with Crippen LogP contribution in [0.4, 0.5) is 0 Å². The Bertz CT molecular complexity index is 319. The number of sulfonamides is 1. The van der Waals surface area contributed by atoms with Gasteiger partial charge in [-0.3, -0.25) is 0 Å². The van der Waals surface area contributed by atoms with Gasteiger partial charge in [-0.05, 0) is 45.9 Å². The van der Waals surface area contributed by atoms with Crippen molar-refractivity contribution in [2.24, 2.45) is 5.92 Å². The van der Waals surface area contributed by atoms with Gasteiger partial charge in [0.1, 0.15) is 0 Å². The van der Waals surface area contributed by atoms with Crippen LogP contribution in [0.25, 0.3) is 0 Å². The Morgan fingerprint density at radius 3 is 2.71 bits per heavy atom. The predicted molar refractivity (Wildman–Crippen MR) is 70.5 cm³/mol. The van der Waals surface area contributed by atoms with E-state index in [1.807, 2.05) is 7.05 Å². The minimum atomic E-state index is -3.11. The van der Waals surface area contributed by atoms with Gasteiger partial charge in [-0.25, -0.2) is 13.1 Å². The Kier molecular flexibility index (Phi) is 5.85. The predicted octanol–water partition coefficient (Wildman–Crippen LogP) is -0.144. The number of hydrogen-bond acceptors (Lipinski definition) is 4. The molecule has 1 fully saturated rings. The molecule has 1 heterocycles. The Morgan fingerprint density at radius 2 is 2.12 bits per heavy atom. The van der Waals surface area contributed by atoms with Gasteiger partial charge in [-0.15, -0.1) is 0 Å². The summed E-state index contributed by atoms with van der Waals surface area (Å²) < 4.78 is 26.5. The Morgan fingerprint density at radius 1 is 1.41 bits per heavy atom. The number of rotatable bonds is 6. The summed E-state index contributed by atoms with van der Waals surface area (Å²) >= 11 is 0. The standard InChI is InChI=1S/C11H25N3O2S/c1-10-9-14(3)7-5-11(10)13-17(15,16)8-4-6-12-2/h10-13H,4-9H2,1-3H3. The van der Waals surface area contributed by atoms with Crippen LogP contribution in [0.2, 0.25) is 0 Å². The van der Waals surface area contributed by atoms with Crippen LogP contribution in [0.1, 0.15) is 19.8 Å². The zero-order valence-electron chi connectivity index (χ0n) is 11.1. The second-order valence-corrected chi connectivity index (χ2v) is 6.90. The lowest BCUT2D eigenvalue weighted by Gasteiger charge is -2.34. The molecule has 0 aromatic heterocycles. The van der Waals surface area contributed by atoms with E-state index in [1.54, 1.807) is 0 Å². The van der Waals surface area contributed by atoms with Crippen molar-refractivity contribution in [1.82, 2.24) is 14.9 Å². The molecule has 1 rings (SSSR count). The van der Waals surface area contributed by atoms with Gasteiger partial charge in [0.25, 0.3) is 0 Å². The summed E-state index contributed by atoms with van der Waals surface area (Å²) in [5.74, 6) is 0.597. The van der Waals surface area contributed by atoms with Gasteiger partial charge in [0.15, 0.2) is 0 Å². The first kappa shape index (κ1) is 14.9. The number of likely N-dealkylation sites (tertiary alicyclic amines) is 1. The first-order valence-electron chi connectivity index (χ1n) is 6.28. The zero-order valence-corrected chi connectivity index (χ0v) is 11.9. The van der Waals surface area contributed by atoms with Crippen LogP contribution in [0.15, 0.2) is 0 Å². The van der Waals surface area contributed by atoms with Crippen molar-refractivity contribution in [2.45, 2.75) is 25.8 Å². The van der Waals surface area contributed by atoms with E-state index in [4.69, 9.17) is 0 Å². The lowest BCUT2D eigenvalue weighted by atomic mass is 9.95. The number of piperidine rings is 1. The Hall–Kier alpha value is -0.170. The summed E-state index contributed by atoms with van der Waals surface area (Å²) in [6, 6.07) is 0.103. The SMILES string of the molecule is CNCCCS(=O)(=O)NC1CCN(C)CC1C. The van der Waals surface area contributed by atoms with E-state index in [2.05, 4.69) is 28.9 Å². The van der Waals surface area contributed by atoms with Crippen LogP contribution < -0.4 is 10.0 Å². The molecule has 0 saturated carbocycles. The molecule has 102 valence electrons. The van der Waals surface area contributed by atoms with Crippen molar-refractivity contribution < 1.29 is 8.42 Å². The smallest absolute Gasteiger partial charge is 0.211 e. The number of hydrogen-bond donors (Lipinski definition) is 2. The lowest BCUT2D eigenvalue weighted by molar-refractivity contribution is 0.188. The first-order valence-corrected chi connectivity index (χ1v) is 7.93. The van der Waals surface area contributed by atoms with Crippen LogP contribution in [-0.2, 0) is 10.0 Å². The van der Waals surface area contributed by atoms with E-state index in [9.17, 15) is 8.42 Å². The third-order valence-corrected chi connectivity index (χ3v) is 4.77. The van der Waals surface area contributed by atoms with E-state index in [1.165, 1.54) is 0 Å². The van der Waals surface area contributed by atoms with E-state index < -0.39 is 10.0 Å². The Balaban J connectivity index is 2.41. The summed E-state index contributed by atoms with van der Waals surface area (Å²) in [6.45, 7) is 4.78. The fraction of sp³-hybridized carbons (Fsp3) is 1.00. The molecular weight excluding hydrogens is 238 g/mol. The molecule has 0 bridgehead atoms. The summed E-state index contributed by atoms with van der Waals surface area (Å²) in [7, 11) is 0.798. The van der Waals surface area contributed by atoms with Crippen molar-refractivity contribution in [3.05, 3.63) is 0 Å². The minimum Gasteiger partial charge on any atom is -0.320 e. The fourth-order valence-electron chi connectivity index (χ4n) is 2.26. The van der Waals surface area contributed by atoms with Crippen LogP contribution in [0.5, 0.6) is 0 Å². The van der Waals surface area contributed by atoms with Crippen molar-refractivity contribution in [2.75, 3.05) is 39.5 Å². The molecule has 0 amide bonds. The van der Waals surface area contributed by atoms with E-state index in [-0.39, 0.29) is 11.8 Å². The molecule has 0 aromatic carbocycles. The third-order valence-electron chi connectivity index (χ3n) is 3.28. The van der Waals surface area contributed by atoms with Crippen LogP contribution in [-0.4, -0.2) is 58.8 Å². The van der Waals surface area contributed by atoms with Gasteiger partial charge in [0.2, 0.25) is 10.0 Å². The van der Waals surface area contributed by atoms with E-state index in [0.29, 0.717) is 12.3 Å². The summed E-state index contributed by atoms with van der Waals surface area (Å²) in [5, 5.41) is 2.96. The zero-order chi connectivity index (χ0) is 12.9. The van der Waals surface area contributed by atoms with Gasteiger partial charge < -0.3 is 10.2 Å². The highest BCUT2D eigenvalue weighted by molar-refractivity contribution is 7.89. The van der Waals surface area contributed by atoms with Crippen molar-refractivity contribution in [3.8, 4) is 0 Å². The number of nitrogens with one attached hydrogen (secondary N) is 2. The van der Waals surface area contributed by atoms with Gasteiger partial charge in [-0.2, -0.15) is 0 Å². The van der Waals surface area contributed by atoms with Gasteiger partial charge in [0, 0.05) is 12.6 Å². The molecule has 1 saturated heterocycles. The van der Waals surface area contributed by atoms with Crippen molar-refractivity contribution >= 4 is 10.0 Å². The molecule has 0 spiro atoms. The minimum absolute atomic E-state index is 0.103. The molecule has 6 heteroatoms. The molecule has 2 N–H and O–H groups in total. The van der Waals surface area contributed by atoms with Crippen LogP contribution in [0.3, 0.4) is 0 Å². The normalized spacial score (nSPS) is 27.2. The summed E-state index contributed by atoms with van der Waals surface area (Å²) in [4.78, 5) is 2.25. The van der Waals surface area contributed by atoms with Crippen molar-refractivity contribution in [3.63, 3.8) is 0 Å². The molecule has 5 nitrogen and oxygen atoms in total. The molecule has 0 aromatic rings. The molecule has 2 unspecified atom stereocenters. The molecule has 1 aliphatic rings. The molecule has 2 atom stereocenters. The average molecular weight is 263 g/mol. The van der Waals surface area contributed by atoms with Gasteiger partial charge in [0.05, 0.1) is 5.75 Å². The maximum Gasteiger partial charge on any atom is 0.211 e. The fourth-order valence-corrected chi connectivity index (χ4v) is 3.71. The maximum absolute atomic E-state index is 11.8. The van der Waals surface area contributed by atoms with Gasteiger partial charge >= 0.3 is 0 Å². The Labute approximate surface area is 105 Å². The van der Waals surface area contributed by atoms with E-state index >= 15 is 0 Å². The van der Waals surface area contributed by atoms with Crippen LogP contribution >= 0.6 is 0 Å². The van der Waals surface area contributed by atoms with E-state index in [0.717, 1.165) is 26.1 Å². The molecular formula is C11H25N3O2S. The molecule has 0 radical (unpaired) electrons. The second kappa shape index (κ2) is 6.68. The molecule has 1 aliphatic heterocycles. The third kappa shape index (κ3) is 5.33. The monoisotopic (exact) mass is 263 g/mol. The number of nitrogens with zero attached hydrogens (tertiary/aromatic N) is 1. The maximum atomic E-state index is 11.8. The first-order chi connectivity index (χ1) is 7.94. The highest BCUT2D eigenvalue weighted by Gasteiger charge is 2.27. The van der Waals surface area contributed by atoms with Gasteiger partial charge in [-0.1, -0.05) is 6.92 Å². The topological polar surface area (TPSA) is 61.4 Å². The molecule has 0 aliphatic carbocycles. The summed E-state index contributed by atoms with van der Waals surface area (Å²) in [6.07, 6.45) is 1.57. The van der Waals surface area contributed by atoms with Crippen LogP contribution in [0, 0.1) is 5.92 Å². The molecule has 17 heavy (non-hydrogen) atoms. The largest absolute Gasteiger partial charge is 0.320 e. The summed E-state index contributed by atoms with van der Waals surface area (Å²) in [5.41, 5.74) is 0. The second-order valence-electron chi connectivity index (χ2n) is 5.03. The quantitative estimate of drug-likeness (QED) is 0.655.